The standard InChI is InChI=1S/C13H10N4O2/c1-9-14-7-8-16(9)12-5-4-11(17(18)19)10-3-2-6-15-13(10)12/h2-8H,1H3. The van der Waals surface area contributed by atoms with E-state index < -0.39 is 4.92 Å². The molecule has 3 aromatic rings. The summed E-state index contributed by atoms with van der Waals surface area (Å²) in [5.74, 6) is 0.806. The first-order chi connectivity index (χ1) is 9.18. The summed E-state index contributed by atoms with van der Waals surface area (Å²) in [5, 5.41) is 11.6. The molecule has 6 nitrogen and oxygen atoms in total. The zero-order chi connectivity index (χ0) is 13.4. The van der Waals surface area contributed by atoms with Gasteiger partial charge in [-0.05, 0) is 25.1 Å². The van der Waals surface area contributed by atoms with E-state index in [1.807, 2.05) is 17.7 Å². The van der Waals surface area contributed by atoms with Crippen molar-refractivity contribution in [2.75, 3.05) is 0 Å². The Kier molecular flexibility index (Phi) is 2.49. The Morgan fingerprint density at radius 1 is 1.21 bits per heavy atom. The molecular formula is C13H10N4O2. The van der Waals surface area contributed by atoms with Gasteiger partial charge < -0.3 is 4.57 Å². The van der Waals surface area contributed by atoms with Gasteiger partial charge in [0.15, 0.2) is 0 Å². The van der Waals surface area contributed by atoms with Crippen LogP contribution in [0.1, 0.15) is 5.82 Å². The highest BCUT2D eigenvalue weighted by Gasteiger charge is 2.16. The second-order valence-corrected chi connectivity index (χ2v) is 4.10. The number of aromatic nitrogens is 3. The Morgan fingerprint density at radius 3 is 2.74 bits per heavy atom. The first-order valence-corrected chi connectivity index (χ1v) is 5.71. The van der Waals surface area contributed by atoms with Crippen molar-refractivity contribution < 1.29 is 4.92 Å². The highest BCUT2D eigenvalue weighted by Crippen LogP contribution is 2.29. The number of imidazole rings is 1. The average molecular weight is 254 g/mol. The van der Waals surface area contributed by atoms with Crippen LogP contribution in [-0.2, 0) is 0 Å². The first-order valence-electron chi connectivity index (χ1n) is 5.71. The molecule has 0 bridgehead atoms. The molecule has 0 spiro atoms. The number of rotatable bonds is 2. The summed E-state index contributed by atoms with van der Waals surface area (Å²) in [4.78, 5) is 19.1. The molecule has 3 rings (SSSR count). The van der Waals surface area contributed by atoms with E-state index in [-0.39, 0.29) is 5.69 Å². The van der Waals surface area contributed by atoms with Crippen molar-refractivity contribution in [3.8, 4) is 5.69 Å². The van der Waals surface area contributed by atoms with Gasteiger partial charge in [-0.3, -0.25) is 15.1 Å². The summed E-state index contributed by atoms with van der Waals surface area (Å²) in [6.45, 7) is 1.87. The Morgan fingerprint density at radius 2 is 2.05 bits per heavy atom. The number of nitrogens with zero attached hydrogens (tertiary/aromatic N) is 4. The summed E-state index contributed by atoms with van der Waals surface area (Å²) >= 11 is 0. The minimum absolute atomic E-state index is 0.0598. The smallest absolute Gasteiger partial charge is 0.278 e. The monoisotopic (exact) mass is 254 g/mol. The van der Waals surface area contributed by atoms with Gasteiger partial charge in [0.2, 0.25) is 0 Å². The Balaban J connectivity index is 2.38. The number of aryl methyl sites for hydroxylation is 1. The number of benzene rings is 1. The van der Waals surface area contributed by atoms with Crippen LogP contribution in [0.4, 0.5) is 5.69 Å². The molecule has 2 aromatic heterocycles. The fourth-order valence-corrected chi connectivity index (χ4v) is 2.13. The van der Waals surface area contributed by atoms with Crippen LogP contribution in [0.15, 0.2) is 42.9 Å². The quantitative estimate of drug-likeness (QED) is 0.520. The lowest BCUT2D eigenvalue weighted by Crippen LogP contribution is -1.99. The van der Waals surface area contributed by atoms with Gasteiger partial charge in [0.25, 0.3) is 5.69 Å². The molecular weight excluding hydrogens is 244 g/mol. The van der Waals surface area contributed by atoms with Crippen molar-refractivity contribution >= 4 is 16.6 Å². The largest absolute Gasteiger partial charge is 0.302 e. The third kappa shape index (κ3) is 1.74. The van der Waals surface area contributed by atoms with Gasteiger partial charge in [-0.1, -0.05) is 0 Å². The molecule has 0 atom stereocenters. The Labute approximate surface area is 108 Å². The van der Waals surface area contributed by atoms with Crippen molar-refractivity contribution in [2.45, 2.75) is 6.92 Å². The summed E-state index contributed by atoms with van der Waals surface area (Å²) in [7, 11) is 0. The van der Waals surface area contributed by atoms with E-state index in [1.165, 1.54) is 6.07 Å². The van der Waals surface area contributed by atoms with Crippen LogP contribution in [0.25, 0.3) is 16.6 Å². The first kappa shape index (κ1) is 11.3. The zero-order valence-corrected chi connectivity index (χ0v) is 10.1. The number of nitro benzene ring substituents is 1. The van der Waals surface area contributed by atoms with Crippen LogP contribution < -0.4 is 0 Å². The predicted molar refractivity (Wildman–Crippen MR) is 70.3 cm³/mol. The van der Waals surface area contributed by atoms with Gasteiger partial charge in [0, 0.05) is 24.7 Å². The lowest BCUT2D eigenvalue weighted by atomic mass is 10.1. The second kappa shape index (κ2) is 4.16. The maximum atomic E-state index is 11.0. The SMILES string of the molecule is Cc1nccn1-c1ccc([N+](=O)[O-])c2cccnc12. The van der Waals surface area contributed by atoms with Crippen LogP contribution in [0.5, 0.6) is 0 Å². The molecule has 0 fully saturated rings. The van der Waals surface area contributed by atoms with Gasteiger partial charge in [-0.15, -0.1) is 0 Å². The van der Waals surface area contributed by atoms with E-state index >= 15 is 0 Å². The Hall–Kier alpha value is -2.76. The number of nitro groups is 1. The second-order valence-electron chi connectivity index (χ2n) is 4.10. The molecule has 0 aliphatic rings. The zero-order valence-electron chi connectivity index (χ0n) is 10.1. The van der Waals surface area contributed by atoms with E-state index in [1.54, 1.807) is 30.6 Å². The van der Waals surface area contributed by atoms with Crippen molar-refractivity contribution in [3.05, 3.63) is 58.8 Å². The topological polar surface area (TPSA) is 73.8 Å². The number of hydrogen-bond acceptors (Lipinski definition) is 4. The molecule has 94 valence electrons. The van der Waals surface area contributed by atoms with E-state index in [0.717, 1.165) is 11.5 Å². The molecule has 1 aromatic carbocycles. The van der Waals surface area contributed by atoms with Crippen LogP contribution in [0, 0.1) is 17.0 Å². The molecule has 0 aliphatic carbocycles. The van der Waals surface area contributed by atoms with Crippen molar-refractivity contribution in [3.63, 3.8) is 0 Å². The molecule has 0 N–H and O–H groups in total. The summed E-state index contributed by atoms with van der Waals surface area (Å²) in [6, 6.07) is 6.59. The summed E-state index contributed by atoms with van der Waals surface area (Å²) in [5.41, 5.74) is 1.44. The molecule has 2 heterocycles. The number of pyridine rings is 1. The van der Waals surface area contributed by atoms with E-state index in [2.05, 4.69) is 9.97 Å². The molecule has 0 unspecified atom stereocenters. The molecule has 0 saturated carbocycles. The molecule has 0 aliphatic heterocycles. The third-order valence-corrected chi connectivity index (χ3v) is 3.01. The maximum Gasteiger partial charge on any atom is 0.278 e. The average Bonchev–Trinajstić information content (AvgIpc) is 2.83. The van der Waals surface area contributed by atoms with Crippen LogP contribution in [0.3, 0.4) is 0 Å². The van der Waals surface area contributed by atoms with Crippen LogP contribution in [0.2, 0.25) is 0 Å². The third-order valence-electron chi connectivity index (χ3n) is 3.01. The molecule has 0 amide bonds. The number of hydrogen-bond donors (Lipinski definition) is 0. The number of non-ortho nitro benzene ring substituents is 1. The minimum Gasteiger partial charge on any atom is -0.302 e. The normalized spacial score (nSPS) is 10.8. The van der Waals surface area contributed by atoms with Gasteiger partial charge in [0.05, 0.1) is 16.0 Å². The summed E-state index contributed by atoms with van der Waals surface area (Å²) in [6.07, 6.45) is 5.12. The number of fused-ring (bicyclic) bond motifs is 1. The maximum absolute atomic E-state index is 11.0. The van der Waals surface area contributed by atoms with Crippen LogP contribution >= 0.6 is 0 Å². The lowest BCUT2D eigenvalue weighted by Gasteiger charge is -2.08. The van der Waals surface area contributed by atoms with Crippen molar-refractivity contribution in [2.24, 2.45) is 0 Å². The van der Waals surface area contributed by atoms with E-state index in [4.69, 9.17) is 0 Å². The van der Waals surface area contributed by atoms with E-state index in [9.17, 15) is 10.1 Å². The van der Waals surface area contributed by atoms with Crippen molar-refractivity contribution in [1.29, 1.82) is 0 Å². The highest BCUT2D eigenvalue weighted by atomic mass is 16.6. The molecule has 0 saturated heterocycles. The molecule has 0 radical (unpaired) electrons. The summed E-state index contributed by atoms with van der Waals surface area (Å²) < 4.78 is 1.86. The van der Waals surface area contributed by atoms with Gasteiger partial charge >= 0.3 is 0 Å². The van der Waals surface area contributed by atoms with Gasteiger partial charge in [-0.25, -0.2) is 4.98 Å². The van der Waals surface area contributed by atoms with Crippen LogP contribution in [-0.4, -0.2) is 19.5 Å². The fraction of sp³-hybridized carbons (Fsp3) is 0.0769. The minimum atomic E-state index is -0.394. The lowest BCUT2D eigenvalue weighted by molar-refractivity contribution is -0.383. The van der Waals surface area contributed by atoms with E-state index in [0.29, 0.717) is 10.9 Å². The Bertz CT molecular complexity index is 779. The van der Waals surface area contributed by atoms with Gasteiger partial charge in [0.1, 0.15) is 11.3 Å². The fourth-order valence-electron chi connectivity index (χ4n) is 2.13. The predicted octanol–water partition coefficient (Wildman–Crippen LogP) is 2.64. The highest BCUT2D eigenvalue weighted by molar-refractivity contribution is 5.93. The molecule has 6 heteroatoms. The van der Waals surface area contributed by atoms with Crippen molar-refractivity contribution in [1.82, 2.24) is 14.5 Å². The molecule has 19 heavy (non-hydrogen) atoms. The van der Waals surface area contributed by atoms with Gasteiger partial charge in [-0.2, -0.15) is 0 Å².